The second-order valence-corrected chi connectivity index (χ2v) is 7.64. The molecule has 0 bridgehead atoms. The van der Waals surface area contributed by atoms with Crippen LogP contribution in [-0.2, 0) is 19.1 Å². The van der Waals surface area contributed by atoms with Gasteiger partial charge in [-0.2, -0.15) is 0 Å². The summed E-state index contributed by atoms with van der Waals surface area (Å²) in [5.74, 6) is -3.36. The Kier molecular flexibility index (Phi) is 4.72. The molecule has 2 fully saturated rings. The molecule has 0 spiro atoms. The number of nitrogens with zero attached hydrogens (tertiary/aromatic N) is 1. The summed E-state index contributed by atoms with van der Waals surface area (Å²) in [5, 5.41) is 11.9. The van der Waals surface area contributed by atoms with Crippen molar-refractivity contribution in [3.8, 4) is 0 Å². The summed E-state index contributed by atoms with van der Waals surface area (Å²) in [7, 11) is 1.22. The monoisotopic (exact) mass is 395 g/mol. The van der Waals surface area contributed by atoms with E-state index in [4.69, 9.17) is 4.74 Å². The van der Waals surface area contributed by atoms with Crippen molar-refractivity contribution in [1.29, 1.82) is 0 Å². The lowest BCUT2D eigenvalue weighted by Gasteiger charge is -2.27. The van der Waals surface area contributed by atoms with E-state index in [-0.39, 0.29) is 5.91 Å². The minimum absolute atomic E-state index is 0.368. The van der Waals surface area contributed by atoms with Crippen molar-refractivity contribution < 1.29 is 29.5 Å². The van der Waals surface area contributed by atoms with Crippen molar-refractivity contribution in [3.05, 3.63) is 65.7 Å². The van der Waals surface area contributed by atoms with Gasteiger partial charge in [-0.15, -0.1) is 0 Å². The molecule has 0 radical (unpaired) electrons. The van der Waals surface area contributed by atoms with Crippen LogP contribution in [0.25, 0.3) is 0 Å². The molecule has 2 aliphatic rings. The lowest BCUT2D eigenvalue weighted by molar-refractivity contribution is -0.735. The number of anilines is 1. The van der Waals surface area contributed by atoms with Gasteiger partial charge in [0.05, 0.1) is 12.8 Å². The molecule has 2 heterocycles. The minimum Gasteiger partial charge on any atom is -0.464 e. The molecule has 2 amide bonds. The number of amides is 2. The average Bonchev–Trinajstić information content (AvgIpc) is 3.23. The minimum atomic E-state index is -1.56. The summed E-state index contributed by atoms with van der Waals surface area (Å²) in [6.45, 7) is 1.35. The fourth-order valence-electron chi connectivity index (χ4n) is 4.65. The molecule has 0 aliphatic carbocycles. The Labute approximate surface area is 168 Å². The van der Waals surface area contributed by atoms with Gasteiger partial charge in [-0.3, -0.25) is 9.59 Å². The number of fused-ring (bicyclic) bond motifs is 1. The fraction of sp³-hybridized carbons (Fsp3) is 0.318. The highest BCUT2D eigenvalue weighted by Crippen LogP contribution is 2.45. The number of para-hydroxylation sites is 1. The molecule has 4 rings (SSSR count). The summed E-state index contributed by atoms with van der Waals surface area (Å²) in [5.41, 5.74) is 0.771. The third kappa shape index (κ3) is 2.77. The Morgan fingerprint density at radius 3 is 2.34 bits per heavy atom. The molecule has 7 heteroatoms. The number of ether oxygens (including phenoxy) is 1. The number of carbonyl (C=O) groups is 3. The van der Waals surface area contributed by atoms with Crippen LogP contribution in [0.2, 0.25) is 0 Å². The number of esters is 1. The van der Waals surface area contributed by atoms with Gasteiger partial charge in [0.2, 0.25) is 17.4 Å². The molecule has 4 atom stereocenters. The molecule has 29 heavy (non-hydrogen) atoms. The number of nitrogens with two attached hydrogens (primary N) is 1. The van der Waals surface area contributed by atoms with Crippen LogP contribution in [0.15, 0.2) is 54.6 Å². The Morgan fingerprint density at radius 2 is 1.76 bits per heavy atom. The van der Waals surface area contributed by atoms with Crippen molar-refractivity contribution in [2.75, 3.05) is 18.6 Å². The predicted octanol–water partition coefficient (Wildman–Crippen LogP) is 0.323. The number of aryl methyl sites for hydroxylation is 1. The Bertz CT molecular complexity index is 959. The topological polar surface area (TPSA) is 101 Å². The van der Waals surface area contributed by atoms with Crippen LogP contribution in [0.5, 0.6) is 0 Å². The number of carbonyl (C=O) groups excluding carboxylic acids is 3. The van der Waals surface area contributed by atoms with E-state index in [1.165, 1.54) is 7.11 Å². The van der Waals surface area contributed by atoms with Crippen molar-refractivity contribution in [2.45, 2.75) is 18.5 Å². The summed E-state index contributed by atoms with van der Waals surface area (Å²) < 4.78 is 4.95. The third-order valence-corrected chi connectivity index (χ3v) is 6.07. The normalized spacial score (nSPS) is 28.5. The van der Waals surface area contributed by atoms with Gasteiger partial charge < -0.3 is 15.2 Å². The zero-order valence-corrected chi connectivity index (χ0v) is 16.2. The van der Waals surface area contributed by atoms with E-state index in [2.05, 4.69) is 0 Å². The number of hydrogen-bond acceptors (Lipinski definition) is 5. The number of benzene rings is 2. The summed E-state index contributed by atoms with van der Waals surface area (Å²) in [6.07, 6.45) is 0. The van der Waals surface area contributed by atoms with Gasteiger partial charge in [-0.25, -0.2) is 9.69 Å². The van der Waals surface area contributed by atoms with Gasteiger partial charge in [0.25, 0.3) is 0 Å². The number of quaternary nitrogens is 1. The molecule has 7 nitrogen and oxygen atoms in total. The highest BCUT2D eigenvalue weighted by molar-refractivity contribution is 6.23. The van der Waals surface area contributed by atoms with Gasteiger partial charge in [0.1, 0.15) is 24.5 Å². The van der Waals surface area contributed by atoms with Crippen LogP contribution < -0.4 is 10.2 Å². The van der Waals surface area contributed by atoms with Crippen molar-refractivity contribution in [3.63, 3.8) is 0 Å². The quantitative estimate of drug-likeness (QED) is 0.574. The van der Waals surface area contributed by atoms with E-state index >= 15 is 0 Å². The highest BCUT2D eigenvalue weighted by atomic mass is 16.5. The lowest BCUT2D eigenvalue weighted by atomic mass is 9.79. The molecule has 0 unspecified atom stereocenters. The van der Waals surface area contributed by atoms with Crippen molar-refractivity contribution >= 4 is 23.5 Å². The van der Waals surface area contributed by atoms with Gasteiger partial charge in [0.15, 0.2) is 0 Å². The number of imide groups is 1. The third-order valence-electron chi connectivity index (χ3n) is 6.07. The average molecular weight is 395 g/mol. The first kappa shape index (κ1) is 19.3. The van der Waals surface area contributed by atoms with Gasteiger partial charge in [-0.1, -0.05) is 48.0 Å². The van der Waals surface area contributed by atoms with E-state index in [0.717, 1.165) is 16.0 Å². The first-order valence-corrected chi connectivity index (χ1v) is 9.49. The maximum absolute atomic E-state index is 13.4. The van der Waals surface area contributed by atoms with Crippen LogP contribution in [0.4, 0.5) is 5.69 Å². The molecule has 150 valence electrons. The first-order valence-electron chi connectivity index (χ1n) is 9.49. The lowest BCUT2D eigenvalue weighted by Crippen LogP contribution is -2.99. The molecular weight excluding hydrogens is 372 g/mol. The van der Waals surface area contributed by atoms with Crippen LogP contribution in [0, 0.1) is 18.8 Å². The number of aliphatic hydroxyl groups is 1. The largest absolute Gasteiger partial charge is 0.464 e. The fourth-order valence-corrected chi connectivity index (χ4v) is 4.65. The maximum Gasteiger partial charge on any atom is 0.371 e. The molecular formula is C22H23N2O5+. The number of methoxy groups -OCH3 is 1. The van der Waals surface area contributed by atoms with E-state index in [1.54, 1.807) is 35.6 Å². The second kappa shape index (κ2) is 7.09. The molecule has 2 aromatic rings. The smallest absolute Gasteiger partial charge is 0.371 e. The molecule has 2 saturated heterocycles. The molecule has 2 aliphatic heterocycles. The Morgan fingerprint density at radius 1 is 1.10 bits per heavy atom. The molecule has 0 saturated carbocycles. The molecule has 2 aromatic carbocycles. The van der Waals surface area contributed by atoms with Crippen LogP contribution in [-0.4, -0.2) is 42.1 Å². The first-order chi connectivity index (χ1) is 13.9. The summed E-state index contributed by atoms with van der Waals surface area (Å²) >= 11 is 0. The zero-order chi connectivity index (χ0) is 20.8. The number of rotatable bonds is 4. The second-order valence-electron chi connectivity index (χ2n) is 7.64. The van der Waals surface area contributed by atoms with E-state index in [9.17, 15) is 19.5 Å². The van der Waals surface area contributed by atoms with E-state index in [0.29, 0.717) is 5.69 Å². The number of hydrogen-bond donors (Lipinski definition) is 2. The maximum atomic E-state index is 13.4. The summed E-state index contributed by atoms with van der Waals surface area (Å²) in [4.78, 5) is 40.7. The SMILES string of the molecule is COC(=O)[C@@]1(CO)[NH2+][C@@H](c2ccc(C)cc2)[C@@H]2C(=O)N(c3ccccc3)C(=O)[C@H]21. The number of aliphatic hydroxyl groups excluding tert-OH is 1. The van der Waals surface area contributed by atoms with Crippen LogP contribution >= 0.6 is 0 Å². The van der Waals surface area contributed by atoms with E-state index in [1.807, 2.05) is 31.2 Å². The van der Waals surface area contributed by atoms with Crippen LogP contribution in [0.1, 0.15) is 17.2 Å². The predicted molar refractivity (Wildman–Crippen MR) is 104 cm³/mol. The Hall–Kier alpha value is -3.03. The van der Waals surface area contributed by atoms with E-state index < -0.39 is 41.9 Å². The van der Waals surface area contributed by atoms with Crippen molar-refractivity contribution in [2.24, 2.45) is 11.8 Å². The summed E-state index contributed by atoms with van der Waals surface area (Å²) in [6, 6.07) is 15.8. The van der Waals surface area contributed by atoms with Gasteiger partial charge in [0, 0.05) is 5.56 Å². The van der Waals surface area contributed by atoms with Gasteiger partial charge in [-0.05, 0) is 19.1 Å². The zero-order valence-electron chi connectivity index (χ0n) is 16.2. The molecule has 0 aromatic heterocycles. The standard InChI is InChI=1S/C22H22N2O5/c1-13-8-10-14(11-9-13)18-16-17(22(12-25,23-18)21(28)29-2)20(27)24(19(16)26)15-6-4-3-5-7-15/h3-11,16-18,23,25H,12H2,1-2H3/p+1/t16-,17+,18+,22+/m1/s1. The molecule has 3 N–H and O–H groups in total. The van der Waals surface area contributed by atoms with Crippen LogP contribution in [0.3, 0.4) is 0 Å². The highest BCUT2D eigenvalue weighted by Gasteiger charge is 2.72. The van der Waals surface area contributed by atoms with Gasteiger partial charge >= 0.3 is 5.97 Å². The Balaban J connectivity index is 1.85. The van der Waals surface area contributed by atoms with Crippen molar-refractivity contribution in [1.82, 2.24) is 0 Å².